The summed E-state index contributed by atoms with van der Waals surface area (Å²) in [6.45, 7) is 5.74. The van der Waals surface area contributed by atoms with E-state index in [0.29, 0.717) is 0 Å². The Morgan fingerprint density at radius 3 is 3.05 bits per heavy atom. The molecule has 0 atom stereocenters. The molecule has 20 heavy (non-hydrogen) atoms. The van der Waals surface area contributed by atoms with Gasteiger partial charge in [-0.25, -0.2) is 9.97 Å². The Morgan fingerprint density at radius 2 is 2.20 bits per heavy atom. The highest BCUT2D eigenvalue weighted by molar-refractivity contribution is 5.71. The van der Waals surface area contributed by atoms with E-state index in [9.17, 15) is 0 Å². The summed E-state index contributed by atoms with van der Waals surface area (Å²) in [4.78, 5) is 8.99. The monoisotopic (exact) mass is 269 g/mol. The van der Waals surface area contributed by atoms with Crippen LogP contribution in [-0.4, -0.2) is 23.1 Å². The third-order valence-corrected chi connectivity index (χ3v) is 3.38. The van der Waals surface area contributed by atoms with Crippen molar-refractivity contribution in [2.45, 2.75) is 26.7 Å². The second-order valence-electron chi connectivity index (χ2n) is 5.00. The largest absolute Gasteiger partial charge is 0.492 e. The van der Waals surface area contributed by atoms with Gasteiger partial charge in [0, 0.05) is 24.6 Å². The van der Waals surface area contributed by atoms with Crippen molar-refractivity contribution in [3.05, 3.63) is 35.7 Å². The zero-order valence-electron chi connectivity index (χ0n) is 11.9. The second-order valence-corrected chi connectivity index (χ2v) is 5.00. The number of nitrogens with zero attached hydrogens (tertiary/aromatic N) is 2. The number of benzene rings is 1. The Kier molecular flexibility index (Phi) is 3.54. The number of ether oxygens (including phenoxy) is 1. The molecule has 1 aromatic carbocycles. The summed E-state index contributed by atoms with van der Waals surface area (Å²) in [6, 6.07) is 8.25. The summed E-state index contributed by atoms with van der Waals surface area (Å²) in [7, 11) is 0. The van der Waals surface area contributed by atoms with Gasteiger partial charge in [-0.1, -0.05) is 19.1 Å². The minimum absolute atomic E-state index is 0.761. The number of nitrogens with one attached hydrogen (secondary N) is 1. The molecule has 0 saturated carbocycles. The standard InChI is InChI=1S/C16H19N3O/c1-3-8-17-15-10-14(18-11(2)19-15)13-6-4-5-12-7-9-20-16(12)13/h4-6,10H,3,7-9H2,1-2H3,(H,17,18,19). The van der Waals surface area contributed by atoms with Crippen molar-refractivity contribution in [1.29, 1.82) is 0 Å². The van der Waals surface area contributed by atoms with Crippen LogP contribution in [0.3, 0.4) is 0 Å². The molecular formula is C16H19N3O. The van der Waals surface area contributed by atoms with Gasteiger partial charge in [0.2, 0.25) is 0 Å². The molecular weight excluding hydrogens is 250 g/mol. The minimum Gasteiger partial charge on any atom is -0.492 e. The van der Waals surface area contributed by atoms with E-state index >= 15 is 0 Å². The van der Waals surface area contributed by atoms with Crippen LogP contribution < -0.4 is 10.1 Å². The molecule has 0 bridgehead atoms. The van der Waals surface area contributed by atoms with Crippen LogP contribution in [0.25, 0.3) is 11.3 Å². The molecule has 1 aromatic heterocycles. The zero-order chi connectivity index (χ0) is 13.9. The van der Waals surface area contributed by atoms with Gasteiger partial charge in [0.25, 0.3) is 0 Å². The molecule has 0 aliphatic carbocycles. The molecule has 1 N–H and O–H groups in total. The number of hydrogen-bond acceptors (Lipinski definition) is 4. The van der Waals surface area contributed by atoms with Gasteiger partial charge in [-0.3, -0.25) is 0 Å². The third-order valence-electron chi connectivity index (χ3n) is 3.38. The van der Waals surface area contributed by atoms with Crippen LogP contribution in [0.15, 0.2) is 24.3 Å². The highest BCUT2D eigenvalue weighted by atomic mass is 16.5. The molecule has 4 nitrogen and oxygen atoms in total. The highest BCUT2D eigenvalue weighted by Crippen LogP contribution is 2.36. The van der Waals surface area contributed by atoms with Crippen molar-refractivity contribution in [1.82, 2.24) is 9.97 Å². The molecule has 0 radical (unpaired) electrons. The second kappa shape index (κ2) is 5.49. The maximum absolute atomic E-state index is 5.76. The summed E-state index contributed by atoms with van der Waals surface area (Å²) in [5.41, 5.74) is 3.25. The summed E-state index contributed by atoms with van der Waals surface area (Å²) < 4.78 is 5.76. The van der Waals surface area contributed by atoms with Gasteiger partial charge in [-0.05, 0) is 25.0 Å². The molecule has 0 unspecified atom stereocenters. The van der Waals surface area contributed by atoms with E-state index in [-0.39, 0.29) is 0 Å². The van der Waals surface area contributed by atoms with E-state index < -0.39 is 0 Å². The lowest BCUT2D eigenvalue weighted by molar-refractivity contribution is 0.358. The lowest BCUT2D eigenvalue weighted by atomic mass is 10.1. The van der Waals surface area contributed by atoms with Crippen LogP contribution in [-0.2, 0) is 6.42 Å². The summed E-state index contributed by atoms with van der Waals surface area (Å²) in [5, 5.41) is 3.32. The van der Waals surface area contributed by atoms with Crippen LogP contribution in [0.1, 0.15) is 24.7 Å². The number of aromatic nitrogens is 2. The summed E-state index contributed by atoms with van der Waals surface area (Å²) in [6.07, 6.45) is 2.05. The molecule has 4 heteroatoms. The lowest BCUT2D eigenvalue weighted by Crippen LogP contribution is -2.04. The normalized spacial score (nSPS) is 12.9. The maximum Gasteiger partial charge on any atom is 0.132 e. The first-order valence-corrected chi connectivity index (χ1v) is 7.12. The van der Waals surface area contributed by atoms with Gasteiger partial charge in [0.1, 0.15) is 17.4 Å². The van der Waals surface area contributed by atoms with Crippen molar-refractivity contribution < 1.29 is 4.74 Å². The number of anilines is 1. The Bertz CT molecular complexity index is 625. The van der Waals surface area contributed by atoms with Gasteiger partial charge in [0.05, 0.1) is 12.3 Å². The fourth-order valence-electron chi connectivity index (χ4n) is 2.47. The van der Waals surface area contributed by atoms with Crippen LogP contribution in [0.4, 0.5) is 5.82 Å². The van der Waals surface area contributed by atoms with E-state index in [1.54, 1.807) is 0 Å². The van der Waals surface area contributed by atoms with Gasteiger partial charge in [-0.2, -0.15) is 0 Å². The van der Waals surface area contributed by atoms with Crippen molar-refractivity contribution in [3.63, 3.8) is 0 Å². The van der Waals surface area contributed by atoms with E-state index in [0.717, 1.165) is 54.6 Å². The SMILES string of the molecule is CCCNc1cc(-c2cccc3c2OCC3)nc(C)n1. The number of para-hydroxylation sites is 1. The average molecular weight is 269 g/mol. The topological polar surface area (TPSA) is 47.0 Å². The molecule has 1 aliphatic rings. The van der Waals surface area contributed by atoms with Gasteiger partial charge >= 0.3 is 0 Å². The van der Waals surface area contributed by atoms with Crippen molar-refractivity contribution in [2.24, 2.45) is 0 Å². The van der Waals surface area contributed by atoms with E-state index in [4.69, 9.17) is 4.74 Å². The first kappa shape index (κ1) is 12.9. The van der Waals surface area contributed by atoms with Crippen molar-refractivity contribution >= 4 is 5.82 Å². The zero-order valence-corrected chi connectivity index (χ0v) is 11.9. The number of rotatable bonds is 4. The molecule has 3 rings (SSSR count). The predicted octanol–water partition coefficient (Wildman–Crippen LogP) is 3.21. The van der Waals surface area contributed by atoms with Crippen LogP contribution >= 0.6 is 0 Å². The van der Waals surface area contributed by atoms with E-state index in [2.05, 4.69) is 40.4 Å². The predicted molar refractivity (Wildman–Crippen MR) is 80.2 cm³/mol. The molecule has 1 aliphatic heterocycles. The summed E-state index contributed by atoms with van der Waals surface area (Å²) >= 11 is 0. The van der Waals surface area contributed by atoms with E-state index in [1.165, 1.54) is 5.56 Å². The first-order chi connectivity index (χ1) is 9.78. The fraction of sp³-hybridized carbons (Fsp3) is 0.375. The molecule has 104 valence electrons. The summed E-state index contributed by atoms with van der Waals surface area (Å²) in [5.74, 6) is 2.63. The van der Waals surface area contributed by atoms with Gasteiger partial charge in [0.15, 0.2) is 0 Å². The van der Waals surface area contributed by atoms with Crippen LogP contribution in [0.2, 0.25) is 0 Å². The average Bonchev–Trinajstić information content (AvgIpc) is 2.92. The van der Waals surface area contributed by atoms with Crippen LogP contribution in [0.5, 0.6) is 5.75 Å². The highest BCUT2D eigenvalue weighted by Gasteiger charge is 2.18. The van der Waals surface area contributed by atoms with E-state index in [1.807, 2.05) is 13.0 Å². The molecule has 0 saturated heterocycles. The Hall–Kier alpha value is -2.10. The van der Waals surface area contributed by atoms with Crippen LogP contribution in [0, 0.1) is 6.92 Å². The van der Waals surface area contributed by atoms with Crippen molar-refractivity contribution in [3.8, 4) is 17.0 Å². The van der Waals surface area contributed by atoms with Crippen molar-refractivity contribution in [2.75, 3.05) is 18.5 Å². The number of hydrogen-bond donors (Lipinski definition) is 1. The number of fused-ring (bicyclic) bond motifs is 1. The Morgan fingerprint density at radius 1 is 1.30 bits per heavy atom. The molecule has 0 fully saturated rings. The maximum atomic E-state index is 5.76. The fourth-order valence-corrected chi connectivity index (χ4v) is 2.47. The Balaban J connectivity index is 2.02. The third kappa shape index (κ3) is 2.46. The first-order valence-electron chi connectivity index (χ1n) is 7.12. The van der Waals surface area contributed by atoms with Gasteiger partial charge in [-0.15, -0.1) is 0 Å². The lowest BCUT2D eigenvalue weighted by Gasteiger charge is -2.10. The quantitative estimate of drug-likeness (QED) is 0.926. The number of aryl methyl sites for hydroxylation is 1. The minimum atomic E-state index is 0.761. The molecule has 0 amide bonds. The molecule has 2 heterocycles. The smallest absolute Gasteiger partial charge is 0.132 e. The van der Waals surface area contributed by atoms with Gasteiger partial charge < -0.3 is 10.1 Å². The molecule has 0 spiro atoms. The molecule has 2 aromatic rings. The Labute approximate surface area is 119 Å².